The molecule has 0 saturated carbocycles. The van der Waals surface area contributed by atoms with E-state index in [9.17, 15) is 15.3 Å². The van der Waals surface area contributed by atoms with Crippen LogP contribution in [0.15, 0.2) is 54.6 Å². The number of aliphatic hydroxyl groups is 3. The highest BCUT2D eigenvalue weighted by Crippen LogP contribution is 2.28. The normalized spacial score (nSPS) is 20.9. The molecule has 3 rings (SSSR count). The topological polar surface area (TPSA) is 104 Å². The van der Waals surface area contributed by atoms with Crippen LogP contribution in [0.4, 0.5) is 0 Å². The number of nitrogens with one attached hydrogen (secondary N) is 1. The zero-order valence-corrected chi connectivity index (χ0v) is 24.3. The van der Waals surface area contributed by atoms with Crippen LogP contribution in [0.5, 0.6) is 5.75 Å². The van der Waals surface area contributed by atoms with Gasteiger partial charge in [0.25, 0.3) is 0 Å². The van der Waals surface area contributed by atoms with Crippen LogP contribution in [0.3, 0.4) is 0 Å². The molecule has 5 unspecified atom stereocenters. The van der Waals surface area contributed by atoms with E-state index in [1.807, 2.05) is 49.5 Å². The molecule has 0 aliphatic carbocycles. The molecule has 8 nitrogen and oxygen atoms in total. The smallest absolute Gasteiger partial charge is 0.184 e. The number of hydrogen-bond donors (Lipinski definition) is 4. The van der Waals surface area contributed by atoms with Crippen molar-refractivity contribution >= 4 is 0 Å². The molecule has 0 aromatic heterocycles. The summed E-state index contributed by atoms with van der Waals surface area (Å²) in [6, 6.07) is 17.7. The van der Waals surface area contributed by atoms with E-state index >= 15 is 0 Å². The van der Waals surface area contributed by atoms with E-state index in [2.05, 4.69) is 29.3 Å². The highest BCUT2D eigenvalue weighted by molar-refractivity contribution is 5.27. The van der Waals surface area contributed by atoms with Crippen LogP contribution in [-0.4, -0.2) is 91.1 Å². The first-order valence-electron chi connectivity index (χ1n) is 15.0. The molecule has 1 fully saturated rings. The van der Waals surface area contributed by atoms with Crippen LogP contribution in [0.1, 0.15) is 62.9 Å². The lowest BCUT2D eigenvalue weighted by molar-refractivity contribution is -0.283. The first kappa shape index (κ1) is 32.5. The molecule has 224 valence electrons. The number of unbranched alkanes of at least 4 members (excludes halogenated alkanes) is 4. The molecular weight excluding hydrogens is 508 g/mol. The second kappa shape index (κ2) is 18.4. The van der Waals surface area contributed by atoms with Crippen LogP contribution in [0, 0.1) is 0 Å². The Balaban J connectivity index is 1.51. The van der Waals surface area contributed by atoms with E-state index in [0.717, 1.165) is 62.9 Å². The van der Waals surface area contributed by atoms with Gasteiger partial charge < -0.3 is 34.8 Å². The van der Waals surface area contributed by atoms with Crippen molar-refractivity contribution in [2.24, 2.45) is 0 Å². The van der Waals surface area contributed by atoms with Gasteiger partial charge >= 0.3 is 0 Å². The first-order chi connectivity index (χ1) is 19.5. The molecule has 1 heterocycles. The van der Waals surface area contributed by atoms with E-state index < -0.39 is 30.7 Å². The van der Waals surface area contributed by atoms with Crippen molar-refractivity contribution in [1.82, 2.24) is 10.2 Å². The predicted octanol–water partition coefficient (Wildman–Crippen LogP) is 3.69. The second-order valence-corrected chi connectivity index (χ2v) is 10.7. The van der Waals surface area contributed by atoms with Crippen LogP contribution >= 0.6 is 0 Å². The van der Waals surface area contributed by atoms with Crippen molar-refractivity contribution in [3.63, 3.8) is 0 Å². The van der Waals surface area contributed by atoms with Gasteiger partial charge in [0, 0.05) is 18.7 Å². The summed E-state index contributed by atoms with van der Waals surface area (Å²) in [6.07, 6.45) is 2.78. The SMILES string of the molecule is CCCCCCN(CCOc1ccc(CCCCNC)cc1)CC(O)C(O)C1OC(c2ccccc2)OCC1O. The third-order valence-electron chi connectivity index (χ3n) is 7.40. The van der Waals surface area contributed by atoms with Gasteiger partial charge in [-0.2, -0.15) is 0 Å². The van der Waals surface area contributed by atoms with Crippen molar-refractivity contribution < 1.29 is 29.5 Å². The summed E-state index contributed by atoms with van der Waals surface area (Å²) in [4.78, 5) is 2.13. The number of ether oxygens (including phenoxy) is 3. The average molecular weight is 559 g/mol. The predicted molar refractivity (Wildman–Crippen MR) is 157 cm³/mol. The molecular formula is C32H50N2O6. The summed E-state index contributed by atoms with van der Waals surface area (Å²) < 4.78 is 17.6. The third-order valence-corrected chi connectivity index (χ3v) is 7.40. The van der Waals surface area contributed by atoms with E-state index in [0.29, 0.717) is 13.2 Å². The Bertz CT molecular complexity index is 915. The third kappa shape index (κ3) is 11.1. The molecule has 8 heteroatoms. The minimum atomic E-state index is -1.26. The Morgan fingerprint density at radius 3 is 2.48 bits per heavy atom. The maximum absolute atomic E-state index is 11.0. The minimum Gasteiger partial charge on any atom is -0.492 e. The standard InChI is InChI=1S/C32H50N2O6/c1-3-4-5-11-20-34(21-22-38-27-17-15-25(16-18-27)12-9-10-19-33-2)23-28(35)30(37)31-29(36)24-39-32(40-31)26-13-7-6-8-14-26/h6-8,13-18,28-33,35-37H,3-5,9-12,19-24H2,1-2H3. The Morgan fingerprint density at radius 2 is 1.75 bits per heavy atom. The molecule has 40 heavy (non-hydrogen) atoms. The Hall–Kier alpha value is -2.04. The number of aliphatic hydroxyl groups excluding tert-OH is 3. The van der Waals surface area contributed by atoms with Gasteiger partial charge in [-0.05, 0) is 63.5 Å². The highest BCUT2D eigenvalue weighted by atomic mass is 16.7. The lowest BCUT2D eigenvalue weighted by atomic mass is 10.0. The molecule has 2 aromatic rings. The molecule has 0 amide bonds. The molecule has 2 aromatic carbocycles. The van der Waals surface area contributed by atoms with Crippen molar-refractivity contribution in [2.75, 3.05) is 46.4 Å². The molecule has 0 spiro atoms. The van der Waals surface area contributed by atoms with Gasteiger partial charge in [-0.25, -0.2) is 0 Å². The fraction of sp³-hybridized carbons (Fsp3) is 0.625. The molecule has 1 aliphatic rings. The summed E-state index contributed by atoms with van der Waals surface area (Å²) in [5.74, 6) is 0.830. The van der Waals surface area contributed by atoms with Gasteiger partial charge in [-0.3, -0.25) is 4.90 Å². The molecule has 4 N–H and O–H groups in total. The van der Waals surface area contributed by atoms with Crippen molar-refractivity contribution in [3.8, 4) is 5.75 Å². The van der Waals surface area contributed by atoms with E-state index in [-0.39, 0.29) is 13.2 Å². The summed E-state index contributed by atoms with van der Waals surface area (Å²) in [6.45, 7) is 5.39. The van der Waals surface area contributed by atoms with Crippen LogP contribution in [-0.2, 0) is 15.9 Å². The lowest BCUT2D eigenvalue weighted by Crippen LogP contribution is -2.54. The fourth-order valence-corrected chi connectivity index (χ4v) is 4.97. The summed E-state index contributed by atoms with van der Waals surface area (Å²) >= 11 is 0. The Kier molecular flexibility index (Phi) is 14.9. The minimum absolute atomic E-state index is 0.0251. The maximum Gasteiger partial charge on any atom is 0.184 e. The summed E-state index contributed by atoms with van der Waals surface area (Å²) in [5.41, 5.74) is 2.11. The van der Waals surface area contributed by atoms with Gasteiger partial charge in [0.05, 0.1) is 12.7 Å². The van der Waals surface area contributed by atoms with Crippen LogP contribution in [0.2, 0.25) is 0 Å². The second-order valence-electron chi connectivity index (χ2n) is 10.7. The average Bonchev–Trinajstić information content (AvgIpc) is 2.98. The fourth-order valence-electron chi connectivity index (χ4n) is 4.97. The Morgan fingerprint density at radius 1 is 0.975 bits per heavy atom. The van der Waals surface area contributed by atoms with Crippen molar-refractivity contribution in [3.05, 3.63) is 65.7 Å². The number of rotatable bonds is 19. The summed E-state index contributed by atoms with van der Waals surface area (Å²) in [7, 11) is 1.98. The summed E-state index contributed by atoms with van der Waals surface area (Å²) in [5, 5.41) is 35.7. The largest absolute Gasteiger partial charge is 0.492 e. The Labute approximate surface area is 240 Å². The van der Waals surface area contributed by atoms with Crippen molar-refractivity contribution in [2.45, 2.75) is 82.6 Å². The van der Waals surface area contributed by atoms with Gasteiger partial charge in [0.1, 0.15) is 30.7 Å². The molecule has 0 bridgehead atoms. The quantitative estimate of drug-likeness (QED) is 0.194. The first-order valence-corrected chi connectivity index (χ1v) is 15.0. The lowest BCUT2D eigenvalue weighted by Gasteiger charge is -2.38. The van der Waals surface area contributed by atoms with Crippen molar-refractivity contribution in [1.29, 1.82) is 0 Å². The maximum atomic E-state index is 11.0. The number of nitrogens with zero attached hydrogens (tertiary/aromatic N) is 1. The zero-order chi connectivity index (χ0) is 28.6. The van der Waals surface area contributed by atoms with Gasteiger partial charge in [-0.15, -0.1) is 0 Å². The van der Waals surface area contributed by atoms with E-state index in [1.165, 1.54) is 12.0 Å². The molecule has 5 atom stereocenters. The molecule has 1 saturated heterocycles. The van der Waals surface area contributed by atoms with Crippen LogP contribution in [0.25, 0.3) is 0 Å². The van der Waals surface area contributed by atoms with Gasteiger partial charge in [0.15, 0.2) is 6.29 Å². The van der Waals surface area contributed by atoms with Gasteiger partial charge in [-0.1, -0.05) is 68.7 Å². The van der Waals surface area contributed by atoms with E-state index in [1.54, 1.807) is 0 Å². The zero-order valence-electron chi connectivity index (χ0n) is 24.3. The highest BCUT2D eigenvalue weighted by Gasteiger charge is 2.39. The molecule has 1 aliphatic heterocycles. The number of hydrogen-bond acceptors (Lipinski definition) is 8. The number of benzene rings is 2. The molecule has 0 radical (unpaired) electrons. The van der Waals surface area contributed by atoms with Crippen LogP contribution < -0.4 is 10.1 Å². The van der Waals surface area contributed by atoms with Gasteiger partial charge in [0.2, 0.25) is 0 Å². The monoisotopic (exact) mass is 558 g/mol. The van der Waals surface area contributed by atoms with E-state index in [4.69, 9.17) is 14.2 Å². The number of aryl methyl sites for hydroxylation is 1.